The monoisotopic (exact) mass is 381 g/mol. The van der Waals surface area contributed by atoms with Crippen LogP contribution < -0.4 is 5.32 Å². The number of aryl methyl sites for hydroxylation is 1. The third-order valence-electron chi connectivity index (χ3n) is 4.68. The number of ether oxygens (including phenoxy) is 2. The smallest absolute Gasteiger partial charge is 0.249 e. The molecular weight excluding hydrogens is 358 g/mol. The molecule has 4 atom stereocenters. The largest absolute Gasteiger partial charge is 0.396 e. The second-order valence-electron chi connectivity index (χ2n) is 7.23. The number of terminal acetylenes is 1. The molecule has 0 radical (unpaired) electrons. The number of aliphatic hydroxyl groups excluding tert-OH is 1. The van der Waals surface area contributed by atoms with Crippen LogP contribution >= 0.6 is 0 Å². The molecule has 8 nitrogen and oxygen atoms in total. The first-order valence-electron chi connectivity index (χ1n) is 8.34. The Hall–Kier alpha value is -1.73. The number of anilines is 1. The van der Waals surface area contributed by atoms with Crippen LogP contribution in [0.15, 0.2) is 5.16 Å². The van der Waals surface area contributed by atoms with Crippen molar-refractivity contribution in [3.05, 3.63) is 11.3 Å². The maximum Gasteiger partial charge on any atom is 0.249 e. The van der Waals surface area contributed by atoms with Crippen molar-refractivity contribution in [2.24, 2.45) is 5.92 Å². The summed E-state index contributed by atoms with van der Waals surface area (Å²) in [6, 6.07) is -0.229. The van der Waals surface area contributed by atoms with E-state index in [4.69, 9.17) is 15.9 Å². The van der Waals surface area contributed by atoms with Gasteiger partial charge in [0.25, 0.3) is 0 Å². The highest BCUT2D eigenvalue weighted by Crippen LogP contribution is 2.42. The average molecular weight is 381 g/mol. The number of sulfone groups is 1. The summed E-state index contributed by atoms with van der Waals surface area (Å²) in [6.07, 6.45) is 6.65. The number of nitrogens with zero attached hydrogens (tertiary/aromatic N) is 2. The quantitative estimate of drug-likeness (QED) is 0.572. The van der Waals surface area contributed by atoms with Gasteiger partial charge in [-0.3, -0.25) is 0 Å². The maximum atomic E-state index is 11.9. The van der Waals surface area contributed by atoms with Crippen molar-refractivity contribution in [1.82, 2.24) is 9.97 Å². The molecule has 2 heterocycles. The van der Waals surface area contributed by atoms with Crippen LogP contribution in [0.25, 0.3) is 0 Å². The second kappa shape index (κ2) is 6.46. The zero-order valence-corrected chi connectivity index (χ0v) is 16.0. The molecule has 9 heteroatoms. The minimum Gasteiger partial charge on any atom is -0.396 e. The highest BCUT2D eigenvalue weighted by Gasteiger charge is 2.53. The molecule has 0 amide bonds. The Balaban J connectivity index is 1.96. The third-order valence-corrected chi connectivity index (χ3v) is 5.53. The lowest BCUT2D eigenvalue weighted by atomic mass is 10.1. The molecule has 0 bridgehead atoms. The Morgan fingerprint density at radius 1 is 1.35 bits per heavy atom. The lowest BCUT2D eigenvalue weighted by molar-refractivity contribution is -0.158. The van der Waals surface area contributed by atoms with Gasteiger partial charge >= 0.3 is 0 Å². The number of aliphatic hydroxyl groups is 1. The molecule has 1 aliphatic heterocycles. The van der Waals surface area contributed by atoms with E-state index in [-0.39, 0.29) is 41.7 Å². The van der Waals surface area contributed by atoms with E-state index in [1.54, 1.807) is 6.92 Å². The zero-order chi connectivity index (χ0) is 19.3. The minimum atomic E-state index is -3.58. The van der Waals surface area contributed by atoms with Crippen molar-refractivity contribution in [2.75, 3.05) is 18.2 Å². The molecule has 3 rings (SSSR count). The number of fused-ring (bicyclic) bond motifs is 1. The van der Waals surface area contributed by atoms with E-state index in [0.29, 0.717) is 17.7 Å². The summed E-state index contributed by atoms with van der Waals surface area (Å²) >= 11 is 0. The van der Waals surface area contributed by atoms with Crippen LogP contribution in [-0.2, 0) is 19.3 Å². The fraction of sp³-hybridized carbons (Fsp3) is 0.647. The molecule has 142 valence electrons. The molecule has 4 unspecified atom stereocenters. The molecule has 1 aliphatic carbocycles. The Morgan fingerprint density at radius 3 is 2.58 bits per heavy atom. The summed E-state index contributed by atoms with van der Waals surface area (Å²) in [5, 5.41) is 12.6. The summed E-state index contributed by atoms with van der Waals surface area (Å²) < 4.78 is 35.6. The van der Waals surface area contributed by atoms with E-state index in [9.17, 15) is 13.5 Å². The fourth-order valence-electron chi connectivity index (χ4n) is 3.57. The van der Waals surface area contributed by atoms with Crippen LogP contribution in [0.4, 0.5) is 5.82 Å². The van der Waals surface area contributed by atoms with Gasteiger partial charge in [0.05, 0.1) is 23.4 Å². The summed E-state index contributed by atoms with van der Waals surface area (Å²) in [5.74, 6) is 1.94. The number of aromatic nitrogens is 2. The third kappa shape index (κ3) is 3.42. The molecule has 1 aromatic rings. The first kappa shape index (κ1) is 19.0. The first-order valence-corrected chi connectivity index (χ1v) is 10.2. The maximum absolute atomic E-state index is 11.9. The number of hydrogen-bond donors (Lipinski definition) is 2. The normalized spacial score (nSPS) is 30.0. The van der Waals surface area contributed by atoms with E-state index >= 15 is 0 Å². The number of hydrogen-bond acceptors (Lipinski definition) is 8. The van der Waals surface area contributed by atoms with E-state index in [2.05, 4.69) is 21.2 Å². The van der Waals surface area contributed by atoms with Crippen LogP contribution in [0, 0.1) is 25.2 Å². The van der Waals surface area contributed by atoms with Gasteiger partial charge in [0.2, 0.25) is 15.0 Å². The molecule has 1 saturated carbocycles. The van der Waals surface area contributed by atoms with Gasteiger partial charge in [-0.2, -0.15) is 4.98 Å². The van der Waals surface area contributed by atoms with Gasteiger partial charge in [-0.1, -0.05) is 5.92 Å². The van der Waals surface area contributed by atoms with Gasteiger partial charge in [0.1, 0.15) is 11.9 Å². The van der Waals surface area contributed by atoms with Crippen LogP contribution in [0.1, 0.15) is 31.5 Å². The molecule has 2 fully saturated rings. The molecule has 0 spiro atoms. The molecule has 0 aromatic carbocycles. The van der Waals surface area contributed by atoms with E-state index in [0.717, 1.165) is 6.26 Å². The standard InChI is InChI=1S/C17H23N3O5S/c1-6-11-9(2)18-16(26(5,22)23)20-15(11)19-12-7-10(8-21)13-14(12)25-17(3,4)24-13/h1,10,12-14,21H,7-8H2,2-5H3,(H,18,19,20). The Kier molecular flexibility index (Phi) is 4.73. The van der Waals surface area contributed by atoms with Gasteiger partial charge < -0.3 is 19.9 Å². The average Bonchev–Trinajstić information content (AvgIpc) is 3.00. The lowest BCUT2D eigenvalue weighted by Crippen LogP contribution is -2.35. The van der Waals surface area contributed by atoms with E-state index in [1.807, 2.05) is 13.8 Å². The second-order valence-corrected chi connectivity index (χ2v) is 9.14. The van der Waals surface area contributed by atoms with Gasteiger partial charge in [-0.05, 0) is 27.2 Å². The van der Waals surface area contributed by atoms with Gasteiger partial charge in [0, 0.05) is 18.8 Å². The summed E-state index contributed by atoms with van der Waals surface area (Å²) in [4.78, 5) is 8.12. The molecular formula is C17H23N3O5S. The molecule has 2 N–H and O–H groups in total. The minimum absolute atomic E-state index is 0.0296. The highest BCUT2D eigenvalue weighted by atomic mass is 32.2. The summed E-state index contributed by atoms with van der Waals surface area (Å²) in [6.45, 7) is 5.25. The fourth-order valence-corrected chi connectivity index (χ4v) is 4.13. The Morgan fingerprint density at radius 2 is 2.00 bits per heavy atom. The number of nitrogens with one attached hydrogen (secondary N) is 1. The highest BCUT2D eigenvalue weighted by molar-refractivity contribution is 7.90. The van der Waals surface area contributed by atoms with Gasteiger partial charge in [-0.15, -0.1) is 6.42 Å². The Bertz CT molecular complexity index is 862. The van der Waals surface area contributed by atoms with Gasteiger partial charge in [0.15, 0.2) is 5.79 Å². The van der Waals surface area contributed by atoms with Crippen molar-refractivity contribution in [2.45, 2.75) is 56.4 Å². The predicted octanol–water partition coefficient (Wildman–Crippen LogP) is 0.483. The van der Waals surface area contributed by atoms with Crippen LogP contribution in [0.2, 0.25) is 0 Å². The SMILES string of the molecule is C#Cc1c(C)nc(S(C)(=O)=O)nc1NC1CC(CO)C2OC(C)(C)OC12. The summed E-state index contributed by atoms with van der Waals surface area (Å²) in [5.41, 5.74) is 0.808. The number of rotatable bonds is 4. The van der Waals surface area contributed by atoms with Crippen molar-refractivity contribution in [1.29, 1.82) is 0 Å². The lowest BCUT2D eigenvalue weighted by Gasteiger charge is -2.24. The molecule has 26 heavy (non-hydrogen) atoms. The molecule has 1 aromatic heterocycles. The van der Waals surface area contributed by atoms with Gasteiger partial charge in [-0.25, -0.2) is 13.4 Å². The van der Waals surface area contributed by atoms with Crippen molar-refractivity contribution in [3.8, 4) is 12.3 Å². The van der Waals surface area contributed by atoms with Crippen LogP contribution in [0.3, 0.4) is 0 Å². The molecule has 2 aliphatic rings. The topological polar surface area (TPSA) is 111 Å². The van der Waals surface area contributed by atoms with E-state index in [1.165, 1.54) is 0 Å². The Labute approximate surface area is 153 Å². The van der Waals surface area contributed by atoms with Crippen LogP contribution in [-0.4, -0.2) is 60.4 Å². The van der Waals surface area contributed by atoms with Crippen LogP contribution in [0.5, 0.6) is 0 Å². The predicted molar refractivity (Wildman–Crippen MR) is 94.2 cm³/mol. The van der Waals surface area contributed by atoms with Crippen molar-refractivity contribution >= 4 is 15.7 Å². The molecule has 1 saturated heterocycles. The first-order chi connectivity index (χ1) is 12.1. The van der Waals surface area contributed by atoms with E-state index < -0.39 is 15.6 Å². The van der Waals surface area contributed by atoms with Crippen molar-refractivity contribution < 1.29 is 23.0 Å². The zero-order valence-electron chi connectivity index (χ0n) is 15.2. The van der Waals surface area contributed by atoms with Crippen molar-refractivity contribution in [3.63, 3.8) is 0 Å². The summed E-state index contributed by atoms with van der Waals surface area (Å²) in [7, 11) is -3.58.